The quantitative estimate of drug-likeness (QED) is 0.306. The van der Waals surface area contributed by atoms with Crippen LogP contribution in [0.3, 0.4) is 0 Å². The fourth-order valence-corrected chi connectivity index (χ4v) is 5.26. The van der Waals surface area contributed by atoms with E-state index in [-0.39, 0.29) is 11.9 Å². The predicted molar refractivity (Wildman–Crippen MR) is 69.1 cm³/mol. The van der Waals surface area contributed by atoms with E-state index in [0.29, 0.717) is 45.3 Å². The van der Waals surface area contributed by atoms with Gasteiger partial charge in [0.2, 0.25) is 0 Å². The van der Waals surface area contributed by atoms with Crippen LogP contribution in [-0.4, -0.2) is 101 Å². The zero-order chi connectivity index (χ0) is 13.8. The molecule has 1 rings (SSSR count). The van der Waals surface area contributed by atoms with E-state index in [0.717, 1.165) is 43.0 Å². The summed E-state index contributed by atoms with van der Waals surface area (Å²) >= 11 is 1.71. The van der Waals surface area contributed by atoms with Crippen molar-refractivity contribution in [2.24, 2.45) is 0 Å². The van der Waals surface area contributed by atoms with Crippen LogP contribution in [0.15, 0.2) is 0 Å². The Morgan fingerprint density at radius 2 is 1.94 bits per heavy atom. The number of piperidine rings is 1. The third-order valence-corrected chi connectivity index (χ3v) is 7.82. The van der Waals surface area contributed by atoms with Crippen molar-refractivity contribution >= 4 is 63.7 Å². The van der Waals surface area contributed by atoms with Crippen LogP contribution < -0.4 is 0 Å². The Labute approximate surface area is 140 Å². The van der Waals surface area contributed by atoms with Crippen molar-refractivity contribution in [1.29, 1.82) is 0 Å². The van der Waals surface area contributed by atoms with Crippen molar-refractivity contribution in [1.82, 2.24) is 7.61 Å². The summed E-state index contributed by atoms with van der Waals surface area (Å²) in [5, 5.41) is 0. The number of methoxy groups -OCH3 is 1. The zero-order valence-electron chi connectivity index (χ0n) is 10.9. The van der Waals surface area contributed by atoms with E-state index in [1.165, 1.54) is 7.11 Å². The Kier molecular flexibility index (Phi) is 7.00. The summed E-state index contributed by atoms with van der Waals surface area (Å²) in [6.45, 7) is 3.60. The average molecular weight is 641 g/mol. The molecule has 5 nitrogen and oxygen atoms in total. The molecular formula is C11H18N2O3Pb2. The minimum atomic E-state index is -0.693. The molecule has 1 aliphatic rings. The number of hydrogen-bond donors (Lipinski definition) is 0. The molecule has 0 atom stereocenters. The Balaban J connectivity index is 2.91. The van der Waals surface area contributed by atoms with E-state index in [1.807, 2.05) is 6.92 Å². The van der Waals surface area contributed by atoms with Crippen LogP contribution in [0.5, 0.6) is 0 Å². The Bertz CT molecular complexity index is 317. The van der Waals surface area contributed by atoms with Crippen LogP contribution in [0.25, 0.3) is 0 Å². The average Bonchev–Trinajstić information content (AvgIpc) is 2.44. The first kappa shape index (κ1) is 16.8. The first-order chi connectivity index (χ1) is 8.51. The first-order valence-corrected chi connectivity index (χ1v) is 10.5. The van der Waals surface area contributed by atoms with Gasteiger partial charge in [-0.3, -0.25) is 0 Å². The molecule has 6 radical (unpaired) electrons. The minimum absolute atomic E-state index is 0.0615. The summed E-state index contributed by atoms with van der Waals surface area (Å²) in [6.07, 6.45) is 1.86. The standard InChI is InChI=1S/C11H19N2O3.2Pb/c1-4-9(14)12-11(10(15)16-3)5-7-13(2)8-6-11;;/h2,4-8H2,1,3H3,(H,12,14);;/q;;+1/p-1. The van der Waals surface area contributed by atoms with Crippen molar-refractivity contribution in [3.8, 4) is 0 Å². The van der Waals surface area contributed by atoms with Gasteiger partial charge in [0.1, 0.15) is 0 Å². The van der Waals surface area contributed by atoms with Gasteiger partial charge in [0.25, 0.3) is 0 Å². The second kappa shape index (κ2) is 7.51. The molecule has 1 heterocycles. The monoisotopic (exact) mass is 642 g/mol. The Hall–Kier alpha value is 0.744. The topological polar surface area (TPSA) is 49.9 Å². The molecular weight excluding hydrogens is 623 g/mol. The van der Waals surface area contributed by atoms with Gasteiger partial charge in [0.15, 0.2) is 0 Å². The van der Waals surface area contributed by atoms with Crippen LogP contribution in [0.4, 0.5) is 0 Å². The number of ether oxygens (including phenoxy) is 1. The third-order valence-electron chi connectivity index (χ3n) is 3.45. The van der Waals surface area contributed by atoms with Crippen molar-refractivity contribution in [2.45, 2.75) is 31.7 Å². The van der Waals surface area contributed by atoms with Gasteiger partial charge >= 0.3 is 142 Å². The number of carbonyl (C=O) groups excluding carboxylic acids is 2. The van der Waals surface area contributed by atoms with Gasteiger partial charge in [-0.2, -0.15) is 0 Å². The summed E-state index contributed by atoms with van der Waals surface area (Å²) in [5.41, 5.74) is -0.693. The van der Waals surface area contributed by atoms with E-state index in [9.17, 15) is 9.59 Å². The zero-order valence-corrected chi connectivity index (χ0v) is 18.6. The van der Waals surface area contributed by atoms with Crippen molar-refractivity contribution in [3.05, 3.63) is 0 Å². The van der Waals surface area contributed by atoms with Crippen LogP contribution in [0.1, 0.15) is 26.2 Å². The number of nitrogens with zero attached hydrogens (tertiary/aromatic N) is 2. The molecule has 18 heavy (non-hydrogen) atoms. The SMILES string of the molecule is CCC(=O)[N]([Pb])C1(C(=O)OC)CCN([CH2][Pb])CC1. The van der Waals surface area contributed by atoms with Crippen molar-refractivity contribution in [2.75, 3.05) is 24.3 Å². The van der Waals surface area contributed by atoms with E-state index in [2.05, 4.69) is 4.90 Å². The molecule has 0 aromatic rings. The summed E-state index contributed by atoms with van der Waals surface area (Å²) in [4.78, 5) is 26.4. The number of hydrogen-bond acceptors (Lipinski definition) is 4. The molecule has 0 N–H and O–H groups in total. The molecule has 0 saturated carbocycles. The number of amides is 1. The molecule has 0 unspecified atom stereocenters. The van der Waals surface area contributed by atoms with Crippen LogP contribution in [0, 0.1) is 0 Å². The van der Waals surface area contributed by atoms with Gasteiger partial charge in [0.05, 0.1) is 0 Å². The first-order valence-electron chi connectivity index (χ1n) is 6.01. The van der Waals surface area contributed by atoms with Gasteiger partial charge in [-0.15, -0.1) is 0 Å². The number of likely N-dealkylation sites (tertiary alicyclic amines) is 1. The van der Waals surface area contributed by atoms with E-state index in [4.69, 9.17) is 4.74 Å². The summed E-state index contributed by atoms with van der Waals surface area (Å²) in [6, 6.07) is 0. The van der Waals surface area contributed by atoms with E-state index < -0.39 is 5.54 Å². The number of esters is 1. The second-order valence-electron chi connectivity index (χ2n) is 4.38. The van der Waals surface area contributed by atoms with E-state index >= 15 is 0 Å². The molecule has 1 saturated heterocycles. The molecule has 1 amide bonds. The normalized spacial score (nSPS) is 19.3. The molecule has 1 fully saturated rings. The Morgan fingerprint density at radius 3 is 2.33 bits per heavy atom. The Morgan fingerprint density at radius 1 is 1.39 bits per heavy atom. The predicted octanol–water partition coefficient (Wildman–Crippen LogP) is -0.558. The third kappa shape index (κ3) is 3.44. The van der Waals surface area contributed by atoms with Crippen LogP contribution in [0.2, 0.25) is 0 Å². The second-order valence-corrected chi connectivity index (χ2v) is 7.35. The molecule has 98 valence electrons. The van der Waals surface area contributed by atoms with Gasteiger partial charge in [-0.05, 0) is 0 Å². The molecule has 0 bridgehead atoms. The van der Waals surface area contributed by atoms with E-state index in [1.54, 1.807) is 2.71 Å². The summed E-state index contributed by atoms with van der Waals surface area (Å²) in [5.74, 6) is -0.182. The van der Waals surface area contributed by atoms with Gasteiger partial charge in [-0.25, -0.2) is 0 Å². The summed E-state index contributed by atoms with van der Waals surface area (Å²) in [7, 11) is 1.41. The van der Waals surface area contributed by atoms with Crippen molar-refractivity contribution < 1.29 is 14.3 Å². The fraction of sp³-hybridized carbons (Fsp3) is 0.818. The van der Waals surface area contributed by atoms with Gasteiger partial charge in [0, 0.05) is 0 Å². The van der Waals surface area contributed by atoms with Crippen molar-refractivity contribution in [3.63, 3.8) is 0 Å². The van der Waals surface area contributed by atoms with Gasteiger partial charge < -0.3 is 0 Å². The maximum absolute atomic E-state index is 12.1. The fourth-order valence-electron chi connectivity index (χ4n) is 2.19. The van der Waals surface area contributed by atoms with Crippen LogP contribution in [-0.2, 0) is 14.3 Å². The number of rotatable bonds is 4. The molecule has 1 aliphatic heterocycles. The molecule has 7 heteroatoms. The van der Waals surface area contributed by atoms with Crippen LogP contribution >= 0.6 is 0 Å². The maximum atomic E-state index is 12.1. The van der Waals surface area contributed by atoms with Gasteiger partial charge in [-0.1, -0.05) is 0 Å². The molecule has 0 aromatic carbocycles. The number of carbonyl (C=O) groups is 2. The molecule has 0 aromatic heterocycles. The molecule has 0 aliphatic carbocycles. The summed E-state index contributed by atoms with van der Waals surface area (Å²) < 4.78 is 7.82. The molecule has 0 spiro atoms.